The van der Waals surface area contributed by atoms with Crippen molar-refractivity contribution in [3.8, 4) is 5.75 Å². The Bertz CT molecular complexity index is 535. The first kappa shape index (κ1) is 14.7. The number of carbonyl (C=O) groups excluding carboxylic acids is 1. The molecule has 0 saturated heterocycles. The van der Waals surface area contributed by atoms with Gasteiger partial charge in [0.05, 0.1) is 5.56 Å². The third-order valence-electron chi connectivity index (χ3n) is 3.59. The Morgan fingerprint density at radius 1 is 1.32 bits per heavy atom. The first-order valence-electron chi connectivity index (χ1n) is 6.15. The third kappa shape index (κ3) is 2.77. The molecule has 0 unspecified atom stereocenters. The Morgan fingerprint density at radius 2 is 1.95 bits per heavy atom. The summed E-state index contributed by atoms with van der Waals surface area (Å²) in [6.07, 6.45) is 4.33. The molecule has 2 rings (SSSR count). The highest BCUT2D eigenvalue weighted by molar-refractivity contribution is 9.10. The lowest BCUT2D eigenvalue weighted by atomic mass is 10.1. The normalized spacial score (nSPS) is 16.0. The van der Waals surface area contributed by atoms with Crippen LogP contribution >= 0.6 is 26.2 Å². The minimum absolute atomic E-state index is 0.0177. The summed E-state index contributed by atoms with van der Waals surface area (Å²) in [5, 5.41) is 2.83. The zero-order valence-electron chi connectivity index (χ0n) is 12.0. The predicted octanol–water partition coefficient (Wildman–Crippen LogP) is 3.85. The van der Waals surface area contributed by atoms with Gasteiger partial charge in [0.2, 0.25) is 0 Å². The van der Waals surface area contributed by atoms with Gasteiger partial charge in [-0.3, -0.25) is 4.79 Å². The van der Waals surface area contributed by atoms with Crippen LogP contribution in [0.2, 0.25) is 0 Å². The highest BCUT2D eigenvalue weighted by atomic mass is 79.9. The average molecular weight is 346 g/mol. The van der Waals surface area contributed by atoms with Crippen LogP contribution in [-0.2, 0) is 6.54 Å². The molecule has 1 aliphatic heterocycles. The molecule has 3 nitrogen and oxygen atoms in total. The molecule has 0 aliphatic carbocycles. The lowest BCUT2D eigenvalue weighted by molar-refractivity contribution is 0.0965. The molecule has 1 aromatic rings. The minimum atomic E-state index is -1.22. The van der Waals surface area contributed by atoms with Crippen LogP contribution in [0.25, 0.3) is 0 Å². The summed E-state index contributed by atoms with van der Waals surface area (Å²) in [5.74, 6) is 0.813. The van der Waals surface area contributed by atoms with Gasteiger partial charge in [0.15, 0.2) is 0 Å². The smallest absolute Gasteiger partial charge is 0.253 e. The summed E-state index contributed by atoms with van der Waals surface area (Å²) < 4.78 is 7.13. The van der Waals surface area contributed by atoms with Crippen LogP contribution in [0.4, 0.5) is 0 Å². The zero-order valence-corrected chi connectivity index (χ0v) is 14.4. The average Bonchev–Trinajstić information content (AvgIpc) is 2.58. The van der Waals surface area contributed by atoms with Crippen molar-refractivity contribution < 1.29 is 8.98 Å². The predicted molar refractivity (Wildman–Crippen MR) is 85.1 cm³/mol. The number of nitrogens with one attached hydrogen (secondary N) is 1. The lowest BCUT2D eigenvalue weighted by Gasteiger charge is -2.43. The van der Waals surface area contributed by atoms with Crippen molar-refractivity contribution in [1.29, 1.82) is 0 Å². The van der Waals surface area contributed by atoms with E-state index in [0.717, 1.165) is 21.3 Å². The molecule has 0 bridgehead atoms. The van der Waals surface area contributed by atoms with Crippen molar-refractivity contribution in [3.63, 3.8) is 0 Å². The Labute approximate surface area is 124 Å². The molecular weight excluding hydrogens is 326 g/mol. The fourth-order valence-corrected chi connectivity index (χ4v) is 3.19. The Hall–Kier alpha value is -0.680. The van der Waals surface area contributed by atoms with E-state index in [4.69, 9.17) is 4.18 Å². The molecule has 5 heteroatoms. The maximum absolute atomic E-state index is 11.7. The molecule has 1 aliphatic rings. The molecule has 0 spiro atoms. The molecule has 1 amide bonds. The second-order valence-electron chi connectivity index (χ2n) is 6.05. The quantitative estimate of drug-likeness (QED) is 0.883. The van der Waals surface area contributed by atoms with Gasteiger partial charge in [0.25, 0.3) is 5.91 Å². The molecule has 106 valence electrons. The number of rotatable bonds is 2. The summed E-state index contributed by atoms with van der Waals surface area (Å²) in [4.78, 5) is 11.7. The van der Waals surface area contributed by atoms with Crippen LogP contribution in [0.5, 0.6) is 5.75 Å². The van der Waals surface area contributed by atoms with E-state index in [1.54, 1.807) is 0 Å². The van der Waals surface area contributed by atoms with Gasteiger partial charge in [0, 0.05) is 15.8 Å². The largest absolute Gasteiger partial charge is 0.449 e. The molecular formula is C14H20BrNO2S. The topological polar surface area (TPSA) is 38.3 Å². The summed E-state index contributed by atoms with van der Waals surface area (Å²) in [7, 11) is -1.22. The van der Waals surface area contributed by atoms with E-state index in [1.807, 2.05) is 12.1 Å². The summed E-state index contributed by atoms with van der Waals surface area (Å²) in [5.41, 5.74) is 1.73. The number of fused-ring (bicyclic) bond motifs is 1. The van der Waals surface area contributed by atoms with Gasteiger partial charge in [-0.05, 0) is 66.9 Å². The Kier molecular flexibility index (Phi) is 3.64. The zero-order chi connectivity index (χ0) is 14.4. The number of carbonyl (C=O) groups is 1. The van der Waals surface area contributed by atoms with Gasteiger partial charge >= 0.3 is 0 Å². The lowest BCUT2D eigenvalue weighted by Crippen LogP contribution is -2.27. The Morgan fingerprint density at radius 3 is 2.53 bits per heavy atom. The third-order valence-corrected chi connectivity index (χ3v) is 7.78. The molecule has 0 fully saturated rings. The van der Waals surface area contributed by atoms with Crippen LogP contribution in [0.15, 0.2) is 16.6 Å². The molecule has 0 aromatic heterocycles. The summed E-state index contributed by atoms with van der Waals surface area (Å²) >= 11 is 3.46. The van der Waals surface area contributed by atoms with E-state index < -0.39 is 10.3 Å². The van der Waals surface area contributed by atoms with E-state index >= 15 is 0 Å². The van der Waals surface area contributed by atoms with Gasteiger partial charge in [-0.1, -0.05) is 10.3 Å². The molecule has 1 N–H and O–H groups in total. The van der Waals surface area contributed by atoms with Crippen LogP contribution in [0.3, 0.4) is 0 Å². The number of amides is 1. The van der Waals surface area contributed by atoms with Gasteiger partial charge in [-0.2, -0.15) is 0 Å². The second-order valence-corrected chi connectivity index (χ2v) is 10.8. The maximum atomic E-state index is 11.7. The van der Waals surface area contributed by atoms with E-state index in [9.17, 15) is 4.79 Å². The van der Waals surface area contributed by atoms with Gasteiger partial charge in [0.1, 0.15) is 5.75 Å². The standard InChI is InChI=1S/C14H20BrNO2S/c1-14(2,3)19(4,5)18-10-6-9-8-16-13(17)12(9)11(15)7-10/h6-7H,8H2,1-5H3,(H,16,17). The van der Waals surface area contributed by atoms with Crippen molar-refractivity contribution in [2.45, 2.75) is 32.1 Å². The fourth-order valence-electron chi connectivity index (χ4n) is 1.71. The van der Waals surface area contributed by atoms with Crippen molar-refractivity contribution in [3.05, 3.63) is 27.7 Å². The van der Waals surface area contributed by atoms with Crippen molar-refractivity contribution in [2.75, 3.05) is 12.5 Å². The minimum Gasteiger partial charge on any atom is -0.449 e. The molecule has 19 heavy (non-hydrogen) atoms. The van der Waals surface area contributed by atoms with Crippen LogP contribution in [-0.4, -0.2) is 23.2 Å². The van der Waals surface area contributed by atoms with E-state index in [2.05, 4.69) is 54.5 Å². The van der Waals surface area contributed by atoms with Crippen molar-refractivity contribution in [2.24, 2.45) is 0 Å². The van der Waals surface area contributed by atoms with Crippen molar-refractivity contribution in [1.82, 2.24) is 5.32 Å². The van der Waals surface area contributed by atoms with E-state index in [0.29, 0.717) is 6.54 Å². The highest BCUT2D eigenvalue weighted by Gasteiger charge is 2.31. The Balaban J connectivity index is 2.34. The molecule has 0 saturated carbocycles. The van der Waals surface area contributed by atoms with Crippen LogP contribution in [0.1, 0.15) is 36.7 Å². The second kappa shape index (κ2) is 4.70. The van der Waals surface area contributed by atoms with Crippen LogP contribution < -0.4 is 9.50 Å². The fraction of sp³-hybridized carbons (Fsp3) is 0.500. The van der Waals surface area contributed by atoms with Gasteiger partial charge in [-0.15, -0.1) is 0 Å². The molecule has 0 atom stereocenters. The van der Waals surface area contributed by atoms with Crippen LogP contribution in [0, 0.1) is 0 Å². The summed E-state index contributed by atoms with van der Waals surface area (Å²) in [6.45, 7) is 7.15. The molecule has 1 heterocycles. The summed E-state index contributed by atoms with van der Waals surface area (Å²) in [6, 6.07) is 3.86. The molecule has 0 radical (unpaired) electrons. The number of hydrogen-bond donors (Lipinski definition) is 1. The maximum Gasteiger partial charge on any atom is 0.253 e. The van der Waals surface area contributed by atoms with Gasteiger partial charge in [-0.25, -0.2) is 0 Å². The van der Waals surface area contributed by atoms with Gasteiger partial charge < -0.3 is 9.50 Å². The van der Waals surface area contributed by atoms with E-state index in [-0.39, 0.29) is 10.7 Å². The number of hydrogen-bond acceptors (Lipinski definition) is 2. The first-order valence-corrected chi connectivity index (χ1v) is 9.31. The highest BCUT2D eigenvalue weighted by Crippen LogP contribution is 2.54. The van der Waals surface area contributed by atoms with Crippen molar-refractivity contribution >= 4 is 32.1 Å². The van der Waals surface area contributed by atoms with E-state index in [1.165, 1.54) is 0 Å². The SMILES string of the molecule is CC(C)(C)S(C)(C)Oc1cc(Br)c2c(c1)CNC2=O. The monoisotopic (exact) mass is 345 g/mol. The first-order chi connectivity index (χ1) is 8.62. The number of benzene rings is 1. The number of halogens is 1. The molecule has 1 aromatic carbocycles.